The Labute approximate surface area is 265 Å². The van der Waals surface area contributed by atoms with Crippen LogP contribution in [-0.4, -0.2) is 15.0 Å². The lowest BCUT2D eigenvalue weighted by atomic mass is 10.0. The van der Waals surface area contributed by atoms with Crippen molar-refractivity contribution in [3.8, 4) is 45.3 Å². The van der Waals surface area contributed by atoms with E-state index >= 15 is 0 Å². The largest absolute Gasteiger partial charge is 0.455 e. The fourth-order valence-electron chi connectivity index (χ4n) is 5.53. The first-order valence-corrected chi connectivity index (χ1v) is 14.9. The molecule has 0 amide bonds. The van der Waals surface area contributed by atoms with Gasteiger partial charge in [0.2, 0.25) is 0 Å². The maximum atomic E-state index is 9.38. The van der Waals surface area contributed by atoms with Crippen molar-refractivity contribution in [3.05, 3.63) is 139 Å². The molecule has 4 nitrogen and oxygen atoms in total. The van der Waals surface area contributed by atoms with Crippen LogP contribution in [0.4, 0.5) is 0 Å². The van der Waals surface area contributed by atoms with E-state index in [1.807, 2.05) is 66.7 Å². The first kappa shape index (κ1) is 19.5. The van der Waals surface area contributed by atoms with Gasteiger partial charge in [-0.3, -0.25) is 0 Å². The Bertz CT molecular complexity index is 2840. The molecule has 0 fully saturated rings. The van der Waals surface area contributed by atoms with Crippen molar-refractivity contribution in [3.63, 3.8) is 0 Å². The molecule has 9 aromatic rings. The Morgan fingerprint density at radius 1 is 0.523 bits per heavy atom. The van der Waals surface area contributed by atoms with Gasteiger partial charge in [0.15, 0.2) is 17.5 Å². The van der Waals surface area contributed by atoms with E-state index < -0.39 is 0 Å². The van der Waals surface area contributed by atoms with Crippen molar-refractivity contribution in [1.82, 2.24) is 15.0 Å². The van der Waals surface area contributed by atoms with Crippen LogP contribution in [-0.2, 0) is 0 Å². The summed E-state index contributed by atoms with van der Waals surface area (Å²) in [6, 6.07) is 31.0. The first-order chi connectivity index (χ1) is 24.3. The third-order valence-corrected chi connectivity index (χ3v) is 8.80. The van der Waals surface area contributed by atoms with E-state index in [2.05, 4.69) is 12.1 Å². The third kappa shape index (κ3) is 4.09. The highest BCUT2D eigenvalue weighted by molar-refractivity contribution is 7.25. The molecule has 0 atom stereocenters. The molecule has 0 bridgehead atoms. The lowest BCUT2D eigenvalue weighted by molar-refractivity contribution is 0.670. The van der Waals surface area contributed by atoms with Gasteiger partial charge in [0.25, 0.3) is 0 Å². The zero-order chi connectivity index (χ0) is 34.3. The highest BCUT2D eigenvalue weighted by Gasteiger charge is 2.17. The van der Waals surface area contributed by atoms with Crippen LogP contribution in [0.25, 0.3) is 87.4 Å². The summed E-state index contributed by atoms with van der Waals surface area (Å²) in [5.74, 6) is 0.721. The van der Waals surface area contributed by atoms with Crippen molar-refractivity contribution in [2.45, 2.75) is 0 Å². The summed E-state index contributed by atoms with van der Waals surface area (Å²) >= 11 is 1.71. The third-order valence-electron chi connectivity index (χ3n) is 7.65. The number of rotatable bonds is 4. The van der Waals surface area contributed by atoms with Crippen molar-refractivity contribution in [1.29, 1.82) is 0 Å². The van der Waals surface area contributed by atoms with Crippen LogP contribution in [0.5, 0.6) is 0 Å². The van der Waals surface area contributed by atoms with Gasteiger partial charge in [-0.05, 0) is 41.9 Å². The lowest BCUT2D eigenvalue weighted by Crippen LogP contribution is -2.00. The Hall–Kier alpha value is -5.65. The van der Waals surface area contributed by atoms with E-state index in [9.17, 15) is 2.74 Å². The van der Waals surface area contributed by atoms with Crippen molar-refractivity contribution in [2.75, 3.05) is 0 Å². The standard InChI is InChI=1S/C39H23N3OS/c1-3-10-24(11-4-1)28-15-9-16-31-29-20-18-27(23-33(29)43-36(28)31)39-41-37(25-12-5-2-6-13-25)40-38(42-39)26-19-21-35-32(22-26)30-14-7-8-17-34(30)44-35/h1-23H/i9D,15D,16D,18D,20D,23D. The summed E-state index contributed by atoms with van der Waals surface area (Å²) in [6.45, 7) is 0. The molecular formula is C39H23N3OS. The van der Waals surface area contributed by atoms with Crippen LogP contribution >= 0.6 is 11.3 Å². The smallest absolute Gasteiger partial charge is 0.164 e. The molecule has 44 heavy (non-hydrogen) atoms. The molecule has 0 saturated heterocycles. The van der Waals surface area contributed by atoms with Gasteiger partial charge in [0.05, 0.1) is 8.22 Å². The van der Waals surface area contributed by atoms with E-state index in [0.717, 1.165) is 21.0 Å². The quantitative estimate of drug-likeness (QED) is 0.205. The van der Waals surface area contributed by atoms with Crippen LogP contribution < -0.4 is 0 Å². The normalized spacial score (nSPS) is 13.5. The second-order valence-corrected chi connectivity index (χ2v) is 11.4. The number of thiophene rings is 1. The molecule has 0 aliphatic rings. The van der Waals surface area contributed by atoms with Crippen LogP contribution in [0.1, 0.15) is 8.22 Å². The predicted octanol–water partition coefficient (Wildman–Crippen LogP) is 10.8. The maximum absolute atomic E-state index is 9.38. The average molecular weight is 588 g/mol. The summed E-state index contributed by atoms with van der Waals surface area (Å²) in [5.41, 5.74) is 2.39. The molecule has 5 heteroatoms. The zero-order valence-corrected chi connectivity index (χ0v) is 23.8. The fourth-order valence-corrected chi connectivity index (χ4v) is 6.62. The SMILES string of the molecule is [2H]c1c([2H])c([2H])c2c(oc3c([2H])c(-c4nc(-c5ccccc5)nc(-c5ccc6sc7ccccc7c6c5)n4)c([2H])c([2H])c32)c1-c1ccccc1. The Balaban J connectivity index is 1.33. The lowest BCUT2D eigenvalue weighted by Gasteiger charge is -2.08. The molecule has 0 spiro atoms. The van der Waals surface area contributed by atoms with Crippen LogP contribution in [0, 0.1) is 0 Å². The molecule has 206 valence electrons. The van der Waals surface area contributed by atoms with Crippen molar-refractivity contribution < 1.29 is 12.6 Å². The van der Waals surface area contributed by atoms with Gasteiger partial charge in [0, 0.05) is 53.2 Å². The summed E-state index contributed by atoms with van der Waals surface area (Å²) in [6.07, 6.45) is 0. The zero-order valence-electron chi connectivity index (χ0n) is 29.0. The van der Waals surface area contributed by atoms with Gasteiger partial charge in [-0.25, -0.2) is 15.0 Å². The molecule has 0 unspecified atom stereocenters. The maximum Gasteiger partial charge on any atom is 0.164 e. The van der Waals surface area contributed by atoms with Crippen LogP contribution in [0.15, 0.2) is 144 Å². The summed E-state index contributed by atoms with van der Waals surface area (Å²) < 4.78 is 62.4. The average Bonchev–Trinajstić information content (AvgIpc) is 3.73. The number of aromatic nitrogens is 3. The Morgan fingerprint density at radius 3 is 2.02 bits per heavy atom. The van der Waals surface area contributed by atoms with Gasteiger partial charge in [-0.15, -0.1) is 11.3 Å². The number of benzene rings is 6. The van der Waals surface area contributed by atoms with Crippen molar-refractivity contribution >= 4 is 53.4 Å². The molecule has 0 radical (unpaired) electrons. The molecule has 0 aliphatic carbocycles. The minimum Gasteiger partial charge on any atom is -0.455 e. The number of hydrogen-bond acceptors (Lipinski definition) is 5. The van der Waals surface area contributed by atoms with Gasteiger partial charge in [-0.1, -0.05) is 103 Å². The van der Waals surface area contributed by atoms with Gasteiger partial charge >= 0.3 is 0 Å². The van der Waals surface area contributed by atoms with E-state index in [1.54, 1.807) is 35.6 Å². The van der Waals surface area contributed by atoms with Gasteiger partial charge < -0.3 is 4.42 Å². The number of fused-ring (bicyclic) bond motifs is 6. The molecule has 0 aliphatic heterocycles. The Morgan fingerprint density at radius 2 is 1.20 bits per heavy atom. The Kier molecular flexibility index (Phi) is 4.42. The number of hydrogen-bond donors (Lipinski definition) is 0. The number of nitrogens with zero attached hydrogens (tertiary/aromatic N) is 3. The molecule has 3 aromatic heterocycles. The van der Waals surface area contributed by atoms with E-state index in [4.69, 9.17) is 24.9 Å². The first-order valence-electron chi connectivity index (χ1n) is 17.0. The minimum absolute atomic E-state index is 0.0190. The van der Waals surface area contributed by atoms with E-state index in [1.165, 1.54) is 4.70 Å². The number of furan rings is 1. The number of para-hydroxylation sites is 1. The van der Waals surface area contributed by atoms with Crippen LogP contribution in [0.2, 0.25) is 0 Å². The highest BCUT2D eigenvalue weighted by atomic mass is 32.1. The summed E-state index contributed by atoms with van der Waals surface area (Å²) in [4.78, 5) is 14.4. The molecule has 6 aromatic carbocycles. The molecule has 9 rings (SSSR count). The van der Waals surface area contributed by atoms with Gasteiger partial charge in [0.1, 0.15) is 11.2 Å². The monoisotopic (exact) mass is 587 g/mol. The second-order valence-electron chi connectivity index (χ2n) is 10.4. The second kappa shape index (κ2) is 9.97. The predicted molar refractivity (Wildman–Crippen MR) is 182 cm³/mol. The van der Waals surface area contributed by atoms with E-state index in [0.29, 0.717) is 22.8 Å². The molecular weight excluding hydrogens is 559 g/mol. The molecule has 3 heterocycles. The van der Waals surface area contributed by atoms with E-state index in [-0.39, 0.29) is 75.1 Å². The minimum atomic E-state index is -0.328. The molecule has 0 saturated carbocycles. The fraction of sp³-hybridized carbons (Fsp3) is 0. The topological polar surface area (TPSA) is 51.8 Å². The van der Waals surface area contributed by atoms with Crippen molar-refractivity contribution in [2.24, 2.45) is 0 Å². The molecule has 0 N–H and O–H groups in total. The summed E-state index contributed by atoms with van der Waals surface area (Å²) in [7, 11) is 0. The highest BCUT2D eigenvalue weighted by Crippen LogP contribution is 2.38. The van der Waals surface area contributed by atoms with Gasteiger partial charge in [-0.2, -0.15) is 0 Å². The summed E-state index contributed by atoms with van der Waals surface area (Å²) in [5, 5.41) is 2.38. The van der Waals surface area contributed by atoms with Crippen LogP contribution in [0.3, 0.4) is 0 Å².